The molecule has 0 unspecified atom stereocenters. The highest BCUT2D eigenvalue weighted by molar-refractivity contribution is 7.98. The molecule has 0 aliphatic rings. The molecule has 1 N–H and O–H groups in total. The van der Waals surface area contributed by atoms with Gasteiger partial charge in [0.25, 0.3) is 5.78 Å². The lowest BCUT2D eigenvalue weighted by molar-refractivity contribution is -0.120. The van der Waals surface area contributed by atoms with Crippen molar-refractivity contribution in [1.29, 1.82) is 0 Å². The first-order chi connectivity index (χ1) is 13.1. The maximum atomic E-state index is 12.3. The monoisotopic (exact) mass is 389 g/mol. The summed E-state index contributed by atoms with van der Waals surface area (Å²) < 4.78 is 12.4. The van der Waals surface area contributed by atoms with E-state index in [0.29, 0.717) is 30.7 Å². The van der Waals surface area contributed by atoms with Crippen LogP contribution in [-0.2, 0) is 22.6 Å². The van der Waals surface area contributed by atoms with Gasteiger partial charge in [-0.2, -0.15) is 4.98 Å². The van der Waals surface area contributed by atoms with Crippen molar-refractivity contribution in [2.45, 2.75) is 38.5 Å². The first-order valence-corrected chi connectivity index (χ1v) is 9.94. The Labute approximate surface area is 161 Å². The van der Waals surface area contributed by atoms with Crippen LogP contribution in [0.4, 0.5) is 0 Å². The van der Waals surface area contributed by atoms with Gasteiger partial charge in [-0.3, -0.25) is 4.79 Å². The average Bonchev–Trinajstić information content (AvgIpc) is 3.31. The number of ether oxygens (including phenoxy) is 1. The molecule has 8 nitrogen and oxygen atoms in total. The highest BCUT2D eigenvalue weighted by atomic mass is 32.2. The number of hydrogen-bond acceptors (Lipinski definition) is 7. The summed E-state index contributed by atoms with van der Waals surface area (Å²) in [6.07, 6.45) is 4.55. The number of rotatable bonds is 9. The van der Waals surface area contributed by atoms with Crippen molar-refractivity contribution >= 4 is 23.4 Å². The number of nitrogens with zero attached hydrogens (tertiary/aromatic N) is 4. The highest BCUT2D eigenvalue weighted by Crippen LogP contribution is 2.17. The number of carbonyl (C=O) groups is 1. The zero-order valence-electron chi connectivity index (χ0n) is 15.7. The highest BCUT2D eigenvalue weighted by Gasteiger charge is 2.15. The van der Waals surface area contributed by atoms with E-state index in [9.17, 15) is 4.79 Å². The predicted molar refractivity (Wildman–Crippen MR) is 102 cm³/mol. The van der Waals surface area contributed by atoms with Gasteiger partial charge in [0.2, 0.25) is 11.1 Å². The molecule has 0 fully saturated rings. The van der Waals surface area contributed by atoms with E-state index in [1.165, 1.54) is 11.8 Å². The summed E-state index contributed by atoms with van der Waals surface area (Å²) >= 11 is 1.47. The Morgan fingerprint density at radius 3 is 2.96 bits per heavy atom. The van der Waals surface area contributed by atoms with E-state index in [4.69, 9.17) is 9.15 Å². The molecule has 3 rings (SSSR count). The van der Waals surface area contributed by atoms with E-state index < -0.39 is 0 Å². The molecular weight excluding hydrogens is 366 g/mol. The summed E-state index contributed by atoms with van der Waals surface area (Å²) in [5.41, 5.74) is 2.57. The number of thioether (sulfide) groups is 1. The zero-order chi connectivity index (χ0) is 19.2. The van der Waals surface area contributed by atoms with Crippen molar-refractivity contribution in [1.82, 2.24) is 24.9 Å². The van der Waals surface area contributed by atoms with E-state index in [1.54, 1.807) is 10.8 Å². The number of nitrogens with one attached hydrogen (secondary N) is 1. The van der Waals surface area contributed by atoms with Crippen molar-refractivity contribution in [2.24, 2.45) is 0 Å². The van der Waals surface area contributed by atoms with Crippen LogP contribution in [0.1, 0.15) is 29.1 Å². The number of carbonyl (C=O) groups excluding carboxylic acids is 1. The number of amides is 1. The first-order valence-electron chi connectivity index (χ1n) is 8.72. The molecule has 0 saturated carbocycles. The Kier molecular flexibility index (Phi) is 6.46. The number of aryl methyl sites for hydroxylation is 2. The van der Waals surface area contributed by atoms with Crippen LogP contribution in [0.15, 0.2) is 28.0 Å². The van der Waals surface area contributed by atoms with Crippen LogP contribution >= 0.6 is 11.8 Å². The molecule has 9 heteroatoms. The molecule has 0 atom stereocenters. The lowest BCUT2D eigenvalue weighted by Gasteiger charge is -2.10. The van der Waals surface area contributed by atoms with Crippen molar-refractivity contribution in [3.63, 3.8) is 0 Å². The summed E-state index contributed by atoms with van der Waals surface area (Å²) in [4.78, 5) is 21.1. The number of fused-ring (bicyclic) bond motifs is 1. The molecule has 0 radical (unpaired) electrons. The Bertz CT molecular complexity index is 908. The topological polar surface area (TPSA) is 94.5 Å². The molecule has 0 bridgehead atoms. The van der Waals surface area contributed by atoms with Crippen LogP contribution < -0.4 is 5.32 Å². The number of aromatic nitrogens is 4. The summed E-state index contributed by atoms with van der Waals surface area (Å²) in [5, 5.41) is 8.00. The van der Waals surface area contributed by atoms with Crippen LogP contribution in [0.3, 0.4) is 0 Å². The van der Waals surface area contributed by atoms with Crippen molar-refractivity contribution in [3.8, 4) is 0 Å². The maximum Gasteiger partial charge on any atom is 0.253 e. The molecular formula is C18H23N5O3S. The van der Waals surface area contributed by atoms with E-state index in [2.05, 4.69) is 20.4 Å². The normalized spacial score (nSPS) is 11.2. The van der Waals surface area contributed by atoms with Gasteiger partial charge >= 0.3 is 0 Å². The fraction of sp³-hybridized carbons (Fsp3) is 0.444. The smallest absolute Gasteiger partial charge is 0.253 e. The molecule has 27 heavy (non-hydrogen) atoms. The second-order valence-electron chi connectivity index (χ2n) is 6.08. The molecule has 0 spiro atoms. The zero-order valence-corrected chi connectivity index (χ0v) is 16.5. The standard InChI is InChI=1S/C18H23N5O3S/c1-12-15(13(2)23-17(20-12)21-18(22-23)27-3)10-16(24)19-7-5-8-25-11-14-6-4-9-26-14/h4,6,9H,5,7-8,10-11H2,1-3H3,(H,19,24). The van der Waals surface area contributed by atoms with Crippen LogP contribution in [0, 0.1) is 13.8 Å². The Balaban J connectivity index is 1.48. The second kappa shape index (κ2) is 9.01. The molecule has 144 valence electrons. The molecule has 3 aromatic rings. The van der Waals surface area contributed by atoms with Gasteiger partial charge in [0, 0.05) is 30.1 Å². The summed E-state index contributed by atoms with van der Waals surface area (Å²) in [6.45, 7) is 5.39. The van der Waals surface area contributed by atoms with Crippen molar-refractivity contribution in [2.75, 3.05) is 19.4 Å². The van der Waals surface area contributed by atoms with Gasteiger partial charge in [-0.15, -0.1) is 5.10 Å². The SMILES string of the molecule is CSc1nc2nc(C)c(CC(=O)NCCCOCc3ccco3)c(C)n2n1. The molecule has 3 aromatic heterocycles. The molecule has 0 saturated heterocycles. The summed E-state index contributed by atoms with van der Waals surface area (Å²) in [6, 6.07) is 3.70. The van der Waals surface area contributed by atoms with Crippen LogP contribution in [0.5, 0.6) is 0 Å². The third kappa shape index (κ3) is 4.86. The minimum Gasteiger partial charge on any atom is -0.467 e. The fourth-order valence-corrected chi connectivity index (χ4v) is 3.06. The van der Waals surface area contributed by atoms with Gasteiger partial charge < -0.3 is 14.5 Å². The van der Waals surface area contributed by atoms with E-state index in [1.807, 2.05) is 32.2 Å². The maximum absolute atomic E-state index is 12.3. The number of hydrogen-bond donors (Lipinski definition) is 1. The molecule has 1 amide bonds. The lowest BCUT2D eigenvalue weighted by Crippen LogP contribution is -2.27. The fourth-order valence-electron chi connectivity index (χ4n) is 2.72. The largest absolute Gasteiger partial charge is 0.467 e. The third-order valence-electron chi connectivity index (χ3n) is 4.16. The summed E-state index contributed by atoms with van der Waals surface area (Å²) in [7, 11) is 0. The minimum absolute atomic E-state index is 0.0430. The van der Waals surface area contributed by atoms with Gasteiger partial charge in [-0.1, -0.05) is 11.8 Å². The quantitative estimate of drug-likeness (QED) is 0.443. The van der Waals surface area contributed by atoms with E-state index in [-0.39, 0.29) is 12.3 Å². The Morgan fingerprint density at radius 2 is 2.22 bits per heavy atom. The van der Waals surface area contributed by atoms with Crippen LogP contribution in [0.25, 0.3) is 5.78 Å². The summed E-state index contributed by atoms with van der Waals surface area (Å²) in [5.74, 6) is 1.32. The minimum atomic E-state index is -0.0430. The average molecular weight is 389 g/mol. The molecule has 0 aliphatic carbocycles. The molecule has 3 heterocycles. The number of furan rings is 1. The van der Waals surface area contributed by atoms with Crippen molar-refractivity contribution in [3.05, 3.63) is 41.1 Å². The van der Waals surface area contributed by atoms with Gasteiger partial charge in [-0.25, -0.2) is 9.50 Å². The lowest BCUT2D eigenvalue weighted by atomic mass is 10.1. The van der Waals surface area contributed by atoms with Crippen molar-refractivity contribution < 1.29 is 13.9 Å². The molecule has 0 aromatic carbocycles. The van der Waals surface area contributed by atoms with E-state index >= 15 is 0 Å². The Hall–Kier alpha value is -2.39. The van der Waals surface area contributed by atoms with Gasteiger partial charge in [-0.05, 0) is 38.7 Å². The Morgan fingerprint density at radius 1 is 1.37 bits per heavy atom. The molecule has 0 aliphatic heterocycles. The van der Waals surface area contributed by atoms with Gasteiger partial charge in [0.15, 0.2) is 0 Å². The first kappa shape index (κ1) is 19.4. The van der Waals surface area contributed by atoms with Gasteiger partial charge in [0.05, 0.1) is 12.7 Å². The van der Waals surface area contributed by atoms with Gasteiger partial charge in [0.1, 0.15) is 12.4 Å². The van der Waals surface area contributed by atoms with E-state index in [0.717, 1.165) is 29.1 Å². The second-order valence-corrected chi connectivity index (χ2v) is 6.86. The third-order valence-corrected chi connectivity index (χ3v) is 4.70. The predicted octanol–water partition coefficient (Wildman–Crippen LogP) is 2.32. The van der Waals surface area contributed by atoms with Crippen LogP contribution in [-0.4, -0.2) is 44.9 Å². The van der Waals surface area contributed by atoms with Crippen LogP contribution in [0.2, 0.25) is 0 Å².